The molecule has 3 aliphatic carbocycles. The van der Waals surface area contributed by atoms with E-state index in [1.54, 1.807) is 4.57 Å². The summed E-state index contributed by atoms with van der Waals surface area (Å²) < 4.78 is 83.1. The van der Waals surface area contributed by atoms with Gasteiger partial charge in [0.05, 0.1) is 11.5 Å². The quantitative estimate of drug-likeness (QED) is 0.328. The molecule has 0 spiro atoms. The van der Waals surface area contributed by atoms with E-state index in [0.29, 0.717) is 29.7 Å². The zero-order chi connectivity index (χ0) is 29.3. The van der Waals surface area contributed by atoms with Crippen LogP contribution in [0, 0.1) is 11.8 Å². The Morgan fingerprint density at radius 3 is 2.56 bits per heavy atom. The van der Waals surface area contributed by atoms with Crippen molar-refractivity contribution in [3.05, 3.63) is 39.0 Å². The highest BCUT2D eigenvalue weighted by Crippen LogP contribution is 2.50. The second-order valence-electron chi connectivity index (χ2n) is 10.8. The fourth-order valence-electron chi connectivity index (χ4n) is 5.31. The molecule has 6 rings (SSSR count). The first-order chi connectivity index (χ1) is 19.3. The lowest BCUT2D eigenvalue weighted by Gasteiger charge is -2.25. The van der Waals surface area contributed by atoms with Crippen molar-refractivity contribution in [1.29, 1.82) is 0 Å². The van der Waals surface area contributed by atoms with E-state index in [-0.39, 0.29) is 42.8 Å². The van der Waals surface area contributed by atoms with Crippen molar-refractivity contribution >= 4 is 34.8 Å². The van der Waals surface area contributed by atoms with Crippen LogP contribution in [-0.4, -0.2) is 54.6 Å². The van der Waals surface area contributed by atoms with Gasteiger partial charge in [0.1, 0.15) is 23.6 Å². The molecule has 220 valence electrons. The molecule has 2 N–H and O–H groups in total. The number of Topliss-reactive ketones (excluding diaryl/α,β-unsaturated/α-hetero) is 1. The highest BCUT2D eigenvalue weighted by atomic mass is 32.1. The van der Waals surface area contributed by atoms with Crippen molar-refractivity contribution in [2.75, 3.05) is 11.9 Å². The van der Waals surface area contributed by atoms with Gasteiger partial charge in [-0.1, -0.05) is 0 Å². The second kappa shape index (κ2) is 9.84. The average molecular weight is 602 g/mol. The van der Waals surface area contributed by atoms with Crippen LogP contribution in [0.25, 0.3) is 0 Å². The number of fused-ring (bicyclic) bond motifs is 1. The Balaban J connectivity index is 1.25. The number of hydrogen-bond donors (Lipinski definition) is 2. The molecule has 16 heteroatoms. The van der Waals surface area contributed by atoms with Crippen molar-refractivity contribution in [2.24, 2.45) is 18.9 Å². The molecule has 2 saturated carbocycles. The van der Waals surface area contributed by atoms with Gasteiger partial charge in [0.25, 0.3) is 24.2 Å². The van der Waals surface area contributed by atoms with Crippen molar-refractivity contribution in [3.63, 3.8) is 0 Å². The summed E-state index contributed by atoms with van der Waals surface area (Å²) in [6.07, 6.45) is -1.10. The van der Waals surface area contributed by atoms with Gasteiger partial charge in [0, 0.05) is 60.6 Å². The molecule has 1 amide bonds. The Labute approximate surface area is 233 Å². The van der Waals surface area contributed by atoms with Gasteiger partial charge in [-0.3, -0.25) is 18.8 Å². The number of aryl methyl sites for hydroxylation is 2. The van der Waals surface area contributed by atoms with Gasteiger partial charge in [-0.15, -0.1) is 21.5 Å². The molecular weight excluding hydrogens is 576 g/mol. The largest absolute Gasteiger partial charge is 0.351 e. The summed E-state index contributed by atoms with van der Waals surface area (Å²) in [5.41, 5.74) is 0.385. The van der Waals surface area contributed by atoms with E-state index in [4.69, 9.17) is 0 Å². The first-order valence-electron chi connectivity index (χ1n) is 13.0. The number of thiophene rings is 1. The van der Waals surface area contributed by atoms with E-state index in [1.807, 2.05) is 0 Å². The minimum Gasteiger partial charge on any atom is -0.351 e. The number of alkyl halides is 6. The van der Waals surface area contributed by atoms with Crippen LogP contribution in [0.3, 0.4) is 0 Å². The van der Waals surface area contributed by atoms with Crippen LogP contribution in [0.4, 0.5) is 38.1 Å². The van der Waals surface area contributed by atoms with Crippen molar-refractivity contribution in [3.8, 4) is 0 Å². The highest BCUT2D eigenvalue weighted by molar-refractivity contribution is 7.12. The Bertz CT molecular complexity index is 1520. The van der Waals surface area contributed by atoms with E-state index < -0.39 is 53.9 Å². The number of rotatable bonds is 10. The lowest BCUT2D eigenvalue weighted by atomic mass is 9.90. The number of nitrogens with zero attached hydrogens (tertiary/aromatic N) is 5. The second-order valence-corrected chi connectivity index (χ2v) is 12.0. The number of aromatic nitrogens is 5. The van der Waals surface area contributed by atoms with Gasteiger partial charge in [0.2, 0.25) is 5.95 Å². The number of nitrogens with one attached hydrogen (secondary N) is 2. The predicted molar refractivity (Wildman–Crippen MR) is 134 cm³/mol. The first-order valence-corrected chi connectivity index (χ1v) is 13.8. The molecule has 9 nitrogen and oxygen atoms in total. The third-order valence-corrected chi connectivity index (χ3v) is 9.17. The molecule has 0 bridgehead atoms. The zero-order valence-electron chi connectivity index (χ0n) is 21.6. The Hall–Kier alpha value is -3.43. The van der Waals surface area contributed by atoms with Crippen LogP contribution >= 0.6 is 11.3 Å². The molecule has 0 aromatic carbocycles. The monoisotopic (exact) mass is 601 g/mol. The lowest BCUT2D eigenvalue weighted by Crippen LogP contribution is -2.29. The summed E-state index contributed by atoms with van der Waals surface area (Å²) in [5, 5.41) is 17.3. The van der Waals surface area contributed by atoms with Crippen molar-refractivity contribution in [2.45, 2.75) is 62.8 Å². The Kier molecular flexibility index (Phi) is 6.65. The Morgan fingerprint density at radius 2 is 1.93 bits per heavy atom. The number of amides is 1. The molecule has 0 saturated heterocycles. The topological polar surface area (TPSA) is 107 Å². The zero-order valence-corrected chi connectivity index (χ0v) is 22.5. The number of halogens is 6. The van der Waals surface area contributed by atoms with Crippen LogP contribution in [0.15, 0.2) is 12.4 Å². The van der Waals surface area contributed by atoms with E-state index in [1.165, 1.54) is 35.5 Å². The maximum Gasteiger partial charge on any atom is 0.282 e. The summed E-state index contributed by atoms with van der Waals surface area (Å²) in [4.78, 5) is 27.1. The summed E-state index contributed by atoms with van der Waals surface area (Å²) in [6.45, 7) is -0.237. The fourth-order valence-corrected chi connectivity index (χ4v) is 6.67. The maximum atomic E-state index is 13.6. The van der Waals surface area contributed by atoms with E-state index in [9.17, 15) is 35.9 Å². The van der Waals surface area contributed by atoms with Gasteiger partial charge in [-0.2, -0.15) is 5.10 Å². The van der Waals surface area contributed by atoms with E-state index >= 15 is 0 Å². The van der Waals surface area contributed by atoms with Gasteiger partial charge in [-0.25, -0.2) is 26.3 Å². The molecule has 3 aliphatic rings. The summed E-state index contributed by atoms with van der Waals surface area (Å²) in [5.74, 6) is -8.97. The molecule has 0 radical (unpaired) electrons. The van der Waals surface area contributed by atoms with Crippen molar-refractivity contribution < 1.29 is 35.9 Å². The van der Waals surface area contributed by atoms with Crippen LogP contribution in [0.2, 0.25) is 0 Å². The normalized spacial score (nSPS) is 23.8. The van der Waals surface area contributed by atoms with E-state index in [2.05, 4.69) is 25.9 Å². The Morgan fingerprint density at radius 1 is 1.20 bits per heavy atom. The highest BCUT2D eigenvalue weighted by Gasteiger charge is 2.60. The SMILES string of the molecule is Cn1nc(C(F)F)cc1Nc1nncn1[C@H]1CCc2sc(CC(=O)C3CC3(F)F)c(C(=O)NCC3CC3(F)F)c2C1. The van der Waals surface area contributed by atoms with Crippen LogP contribution in [-0.2, 0) is 31.1 Å². The standard InChI is InChI=1S/C25H25F6N7O2S/c1-37-19(5-15(36-37)21(26)27)34-23-35-33-10-38(23)12-2-3-17-13(4-12)20(22(40)32-9-11-7-24(11,28)29)18(41-17)6-16(39)14-8-25(14,30)31/h5,10-12,14,21H,2-4,6-9H2,1H3,(H,32,40)(H,34,35)/t11?,12-,14?/m0/s1. The molecule has 2 unspecified atom stereocenters. The van der Waals surface area contributed by atoms with Crippen LogP contribution in [0.1, 0.15) is 63.1 Å². The minimum atomic E-state index is -3.04. The molecular formula is C25H25F6N7O2S. The first kappa shape index (κ1) is 27.7. The average Bonchev–Trinajstić information content (AvgIpc) is 3.42. The van der Waals surface area contributed by atoms with Crippen molar-refractivity contribution in [1.82, 2.24) is 29.9 Å². The molecule has 3 atom stereocenters. The number of hydrogen-bond acceptors (Lipinski definition) is 7. The van der Waals surface area contributed by atoms with Gasteiger partial charge >= 0.3 is 0 Å². The molecule has 3 heterocycles. The fraction of sp³-hybridized carbons (Fsp3) is 0.560. The summed E-state index contributed by atoms with van der Waals surface area (Å²) >= 11 is 1.21. The predicted octanol–water partition coefficient (Wildman–Crippen LogP) is 4.64. The maximum absolute atomic E-state index is 13.6. The smallest absolute Gasteiger partial charge is 0.282 e. The number of carbonyl (C=O) groups is 2. The molecule has 3 aromatic rings. The minimum absolute atomic E-state index is 0.173. The van der Waals surface area contributed by atoms with Gasteiger partial charge in [-0.05, 0) is 24.8 Å². The third kappa shape index (κ3) is 5.33. The third-order valence-electron chi connectivity index (χ3n) is 7.88. The molecule has 41 heavy (non-hydrogen) atoms. The van der Waals surface area contributed by atoms with Gasteiger partial charge in [0.15, 0.2) is 0 Å². The molecule has 0 aliphatic heterocycles. The summed E-state index contributed by atoms with van der Waals surface area (Å²) in [6, 6.07) is 0.910. The molecule has 3 aromatic heterocycles. The van der Waals surface area contributed by atoms with Gasteiger partial charge < -0.3 is 10.6 Å². The number of anilines is 2. The molecule has 2 fully saturated rings. The lowest BCUT2D eigenvalue weighted by molar-refractivity contribution is -0.121. The summed E-state index contributed by atoms with van der Waals surface area (Å²) in [7, 11) is 1.50. The number of ketones is 1. The van der Waals surface area contributed by atoms with Crippen LogP contribution < -0.4 is 10.6 Å². The van der Waals surface area contributed by atoms with E-state index in [0.717, 1.165) is 4.88 Å². The van der Waals surface area contributed by atoms with Crippen LogP contribution in [0.5, 0.6) is 0 Å². The number of carbonyl (C=O) groups excluding carboxylic acids is 2.